The maximum absolute atomic E-state index is 5.92. The Bertz CT molecular complexity index is 274. The van der Waals surface area contributed by atoms with Crippen molar-refractivity contribution < 1.29 is 0 Å². The second-order valence-electron chi connectivity index (χ2n) is 4.29. The van der Waals surface area contributed by atoms with Crippen molar-refractivity contribution in [1.82, 2.24) is 4.98 Å². The highest BCUT2D eigenvalue weighted by Crippen LogP contribution is 2.13. The van der Waals surface area contributed by atoms with Crippen molar-refractivity contribution in [2.75, 3.05) is 0 Å². The van der Waals surface area contributed by atoms with Gasteiger partial charge in [-0.25, -0.2) is 0 Å². The van der Waals surface area contributed by atoms with Gasteiger partial charge in [0.05, 0.1) is 0 Å². The molecule has 0 aliphatic rings. The molecule has 0 radical (unpaired) electrons. The quantitative estimate of drug-likeness (QED) is 0.769. The first-order valence-electron chi connectivity index (χ1n) is 4.67. The smallest absolute Gasteiger partial charge is 0.0299 e. The highest BCUT2D eigenvalue weighted by atomic mass is 14.7. The van der Waals surface area contributed by atoms with Gasteiger partial charge in [-0.15, -0.1) is 0 Å². The monoisotopic (exact) mass is 178 g/mol. The molecule has 2 nitrogen and oxygen atoms in total. The Hall–Kier alpha value is -0.890. The van der Waals surface area contributed by atoms with Gasteiger partial charge < -0.3 is 5.73 Å². The molecule has 0 saturated heterocycles. The second kappa shape index (κ2) is 3.88. The topological polar surface area (TPSA) is 38.9 Å². The fourth-order valence-electron chi connectivity index (χ4n) is 1.24. The number of nitrogens with zero attached hydrogens (tertiary/aromatic N) is 1. The van der Waals surface area contributed by atoms with E-state index in [4.69, 9.17) is 5.73 Å². The summed E-state index contributed by atoms with van der Waals surface area (Å²) >= 11 is 0. The molecule has 0 aliphatic heterocycles. The molecule has 0 bridgehead atoms. The number of aryl methyl sites for hydroxylation is 2. The number of rotatable bonds is 3. The normalized spacial score (nSPS) is 11.7. The summed E-state index contributed by atoms with van der Waals surface area (Å²) in [5.41, 5.74) is 8.46. The lowest BCUT2D eigenvalue weighted by Gasteiger charge is -2.18. The zero-order chi connectivity index (χ0) is 9.90. The average Bonchev–Trinajstić information content (AvgIpc) is 2.01. The van der Waals surface area contributed by atoms with Crippen molar-refractivity contribution in [3.63, 3.8) is 0 Å². The van der Waals surface area contributed by atoms with E-state index in [1.807, 2.05) is 12.4 Å². The summed E-state index contributed by atoms with van der Waals surface area (Å²) < 4.78 is 0. The summed E-state index contributed by atoms with van der Waals surface area (Å²) in [7, 11) is 0. The van der Waals surface area contributed by atoms with Crippen molar-refractivity contribution in [2.45, 2.75) is 39.2 Å². The molecular weight excluding hydrogens is 160 g/mol. The molecule has 0 saturated carbocycles. The van der Waals surface area contributed by atoms with Crippen molar-refractivity contribution >= 4 is 0 Å². The van der Waals surface area contributed by atoms with E-state index in [-0.39, 0.29) is 5.54 Å². The Morgan fingerprint density at radius 2 is 2.15 bits per heavy atom. The molecular formula is C11H18N2. The van der Waals surface area contributed by atoms with Gasteiger partial charge in [-0.3, -0.25) is 4.98 Å². The van der Waals surface area contributed by atoms with Crippen molar-refractivity contribution in [2.24, 2.45) is 5.73 Å². The van der Waals surface area contributed by atoms with Crippen LogP contribution in [0, 0.1) is 6.92 Å². The van der Waals surface area contributed by atoms with Crippen molar-refractivity contribution in [1.29, 1.82) is 0 Å². The lowest BCUT2D eigenvalue weighted by Crippen LogP contribution is -2.32. The Balaban J connectivity index is 2.60. The Labute approximate surface area is 80.2 Å². The third-order valence-electron chi connectivity index (χ3n) is 2.18. The molecule has 0 amide bonds. The summed E-state index contributed by atoms with van der Waals surface area (Å²) in [5, 5.41) is 0. The molecule has 1 aromatic heterocycles. The Kier molecular flexibility index (Phi) is 3.04. The number of nitrogens with two attached hydrogens (primary N) is 1. The average molecular weight is 178 g/mol. The van der Waals surface area contributed by atoms with Crippen LogP contribution in [0.15, 0.2) is 18.5 Å². The van der Waals surface area contributed by atoms with E-state index >= 15 is 0 Å². The van der Waals surface area contributed by atoms with Gasteiger partial charge in [0.25, 0.3) is 0 Å². The summed E-state index contributed by atoms with van der Waals surface area (Å²) in [6.45, 7) is 6.21. The molecule has 0 aromatic carbocycles. The van der Waals surface area contributed by atoms with Gasteiger partial charge in [0, 0.05) is 17.9 Å². The third-order valence-corrected chi connectivity index (χ3v) is 2.18. The summed E-state index contributed by atoms with van der Waals surface area (Å²) in [6.07, 6.45) is 5.79. The van der Waals surface area contributed by atoms with Crippen LogP contribution < -0.4 is 5.73 Å². The number of hydrogen-bond donors (Lipinski definition) is 1. The highest BCUT2D eigenvalue weighted by molar-refractivity contribution is 5.21. The molecule has 1 aromatic rings. The Morgan fingerprint density at radius 1 is 1.46 bits per heavy atom. The van der Waals surface area contributed by atoms with Gasteiger partial charge in [-0.2, -0.15) is 0 Å². The van der Waals surface area contributed by atoms with Gasteiger partial charge in [0.2, 0.25) is 0 Å². The van der Waals surface area contributed by atoms with Crippen LogP contribution in [0.1, 0.15) is 31.4 Å². The maximum atomic E-state index is 5.92. The van der Waals surface area contributed by atoms with E-state index < -0.39 is 0 Å². The summed E-state index contributed by atoms with van der Waals surface area (Å²) in [4.78, 5) is 4.06. The first-order chi connectivity index (χ1) is 5.99. The predicted octanol–water partition coefficient (Wildman–Crippen LogP) is 2.06. The highest BCUT2D eigenvalue weighted by Gasteiger charge is 2.10. The van der Waals surface area contributed by atoms with E-state index in [2.05, 4.69) is 31.8 Å². The number of aromatic nitrogens is 1. The van der Waals surface area contributed by atoms with E-state index in [9.17, 15) is 0 Å². The second-order valence-corrected chi connectivity index (χ2v) is 4.29. The van der Waals surface area contributed by atoms with Crippen LogP contribution in [0.25, 0.3) is 0 Å². The molecule has 0 atom stereocenters. The molecule has 2 heteroatoms. The first-order valence-corrected chi connectivity index (χ1v) is 4.67. The van der Waals surface area contributed by atoms with Gasteiger partial charge in [0.1, 0.15) is 0 Å². The fraction of sp³-hybridized carbons (Fsp3) is 0.545. The summed E-state index contributed by atoms with van der Waals surface area (Å²) in [6, 6.07) is 2.07. The number of pyridine rings is 1. The van der Waals surface area contributed by atoms with E-state index in [0.29, 0.717) is 0 Å². The van der Waals surface area contributed by atoms with Gasteiger partial charge in [-0.05, 0) is 50.8 Å². The van der Waals surface area contributed by atoms with Crippen LogP contribution in [0.3, 0.4) is 0 Å². The Morgan fingerprint density at radius 3 is 2.69 bits per heavy atom. The first kappa shape index (κ1) is 10.2. The molecule has 0 aliphatic carbocycles. The largest absolute Gasteiger partial charge is 0.326 e. The van der Waals surface area contributed by atoms with E-state index in [0.717, 1.165) is 12.8 Å². The van der Waals surface area contributed by atoms with Gasteiger partial charge in [0.15, 0.2) is 0 Å². The zero-order valence-electron chi connectivity index (χ0n) is 8.67. The van der Waals surface area contributed by atoms with Crippen LogP contribution in [-0.2, 0) is 6.42 Å². The van der Waals surface area contributed by atoms with E-state index in [1.165, 1.54) is 11.1 Å². The minimum absolute atomic E-state index is 0.0737. The van der Waals surface area contributed by atoms with Gasteiger partial charge in [-0.1, -0.05) is 0 Å². The number of hydrogen-bond acceptors (Lipinski definition) is 2. The van der Waals surface area contributed by atoms with E-state index in [1.54, 1.807) is 0 Å². The molecule has 1 heterocycles. The molecule has 13 heavy (non-hydrogen) atoms. The predicted molar refractivity (Wildman–Crippen MR) is 55.6 cm³/mol. The van der Waals surface area contributed by atoms with Crippen LogP contribution in [0.2, 0.25) is 0 Å². The van der Waals surface area contributed by atoms with Crippen molar-refractivity contribution in [3.8, 4) is 0 Å². The summed E-state index contributed by atoms with van der Waals surface area (Å²) in [5.74, 6) is 0. The van der Waals surface area contributed by atoms with Crippen LogP contribution in [0.5, 0.6) is 0 Å². The van der Waals surface area contributed by atoms with Crippen LogP contribution >= 0.6 is 0 Å². The molecule has 72 valence electrons. The fourth-order valence-corrected chi connectivity index (χ4v) is 1.24. The third kappa shape index (κ3) is 3.55. The standard InChI is InChI=1S/C11H18N2/c1-9-8-13-7-5-10(9)4-6-11(2,3)12/h5,7-8H,4,6,12H2,1-3H3. The zero-order valence-corrected chi connectivity index (χ0v) is 8.67. The lowest BCUT2D eigenvalue weighted by atomic mass is 9.95. The molecule has 0 fully saturated rings. The lowest BCUT2D eigenvalue weighted by molar-refractivity contribution is 0.476. The molecule has 2 N–H and O–H groups in total. The van der Waals surface area contributed by atoms with Crippen LogP contribution in [0.4, 0.5) is 0 Å². The molecule has 0 unspecified atom stereocenters. The molecule has 1 rings (SSSR count). The van der Waals surface area contributed by atoms with Gasteiger partial charge >= 0.3 is 0 Å². The SMILES string of the molecule is Cc1cnccc1CCC(C)(C)N. The maximum Gasteiger partial charge on any atom is 0.0299 e. The van der Waals surface area contributed by atoms with Crippen molar-refractivity contribution in [3.05, 3.63) is 29.6 Å². The molecule has 0 spiro atoms. The minimum atomic E-state index is -0.0737. The van der Waals surface area contributed by atoms with Crippen LogP contribution in [-0.4, -0.2) is 10.5 Å². The minimum Gasteiger partial charge on any atom is -0.326 e.